The maximum atomic E-state index is 13.3. The highest BCUT2D eigenvalue weighted by molar-refractivity contribution is 7.13. The number of benzene rings is 1. The summed E-state index contributed by atoms with van der Waals surface area (Å²) >= 11 is 1.30. The van der Waals surface area contributed by atoms with Crippen molar-refractivity contribution in [1.29, 1.82) is 0 Å². The Morgan fingerprint density at radius 2 is 2.12 bits per heavy atom. The zero-order chi connectivity index (χ0) is 18.2. The molecule has 1 aliphatic heterocycles. The predicted molar refractivity (Wildman–Crippen MR) is 96.4 cm³/mol. The highest BCUT2D eigenvalue weighted by atomic mass is 32.1. The van der Waals surface area contributed by atoms with E-state index in [1.54, 1.807) is 16.3 Å². The van der Waals surface area contributed by atoms with Crippen LogP contribution in [0.15, 0.2) is 23.6 Å². The Morgan fingerprint density at radius 1 is 1.36 bits per heavy atom. The molecule has 2 aromatic rings. The first-order valence-electron chi connectivity index (χ1n) is 8.09. The lowest BCUT2D eigenvalue weighted by molar-refractivity contribution is -0.123. The maximum Gasteiger partial charge on any atom is 0.233 e. The summed E-state index contributed by atoms with van der Waals surface area (Å²) < 4.78 is 13.3. The van der Waals surface area contributed by atoms with E-state index in [0.29, 0.717) is 23.8 Å². The topological polar surface area (TPSA) is 62.3 Å². The summed E-state index contributed by atoms with van der Waals surface area (Å²) in [5.41, 5.74) is 1.73. The Bertz CT molecular complexity index is 826. The van der Waals surface area contributed by atoms with E-state index < -0.39 is 5.41 Å². The van der Waals surface area contributed by atoms with Crippen LogP contribution in [0.1, 0.15) is 32.0 Å². The quantitative estimate of drug-likeness (QED) is 0.911. The molecule has 0 spiro atoms. The molecule has 5 nitrogen and oxygen atoms in total. The van der Waals surface area contributed by atoms with Gasteiger partial charge in [0.2, 0.25) is 11.8 Å². The van der Waals surface area contributed by atoms with Crippen molar-refractivity contribution >= 4 is 34.0 Å². The van der Waals surface area contributed by atoms with Gasteiger partial charge in [0.05, 0.1) is 12.1 Å². The van der Waals surface area contributed by atoms with Gasteiger partial charge in [-0.2, -0.15) is 0 Å². The zero-order valence-corrected chi connectivity index (χ0v) is 15.2. The van der Waals surface area contributed by atoms with E-state index in [2.05, 4.69) is 10.3 Å². The molecule has 0 fully saturated rings. The smallest absolute Gasteiger partial charge is 0.233 e. The number of nitrogens with zero attached hydrogens (tertiary/aromatic N) is 2. The second-order valence-corrected chi connectivity index (χ2v) is 7.95. The van der Waals surface area contributed by atoms with Crippen LogP contribution in [0, 0.1) is 11.2 Å². The molecular weight excluding hydrogens is 341 g/mol. The molecule has 7 heteroatoms. The van der Waals surface area contributed by atoms with Crippen molar-refractivity contribution in [3.8, 4) is 0 Å². The molecule has 1 N–H and O–H groups in total. The van der Waals surface area contributed by atoms with Gasteiger partial charge in [0.1, 0.15) is 5.82 Å². The highest BCUT2D eigenvalue weighted by Gasteiger charge is 2.26. The number of carbonyl (C=O) groups is 2. The molecule has 0 aliphatic carbocycles. The summed E-state index contributed by atoms with van der Waals surface area (Å²) in [6.45, 7) is 6.03. The third kappa shape index (κ3) is 3.87. The van der Waals surface area contributed by atoms with Crippen molar-refractivity contribution in [2.24, 2.45) is 5.41 Å². The van der Waals surface area contributed by atoms with E-state index in [1.807, 2.05) is 20.8 Å². The minimum absolute atomic E-state index is 0.0793. The first-order chi connectivity index (χ1) is 11.7. The number of fused-ring (bicyclic) bond motifs is 1. The average Bonchev–Trinajstić information content (AvgIpc) is 3.12. The lowest BCUT2D eigenvalue weighted by Gasteiger charge is -2.17. The molecule has 2 heterocycles. The second-order valence-electron chi connectivity index (χ2n) is 7.09. The van der Waals surface area contributed by atoms with Crippen LogP contribution in [0.5, 0.6) is 0 Å². The normalized spacial score (nSPS) is 13.7. The molecule has 2 amide bonds. The highest BCUT2D eigenvalue weighted by Crippen LogP contribution is 2.29. The van der Waals surface area contributed by atoms with Gasteiger partial charge >= 0.3 is 0 Å². The Morgan fingerprint density at radius 3 is 2.84 bits per heavy atom. The molecule has 1 aliphatic rings. The van der Waals surface area contributed by atoms with Crippen LogP contribution < -0.4 is 10.2 Å². The fourth-order valence-corrected chi connectivity index (χ4v) is 3.32. The first kappa shape index (κ1) is 17.5. The predicted octanol–water partition coefficient (Wildman–Crippen LogP) is 3.40. The number of anilines is 2. The van der Waals surface area contributed by atoms with Gasteiger partial charge in [-0.25, -0.2) is 9.37 Å². The molecule has 0 bridgehead atoms. The molecule has 0 saturated heterocycles. The second kappa shape index (κ2) is 6.55. The van der Waals surface area contributed by atoms with Crippen LogP contribution in [-0.4, -0.2) is 23.3 Å². The van der Waals surface area contributed by atoms with E-state index in [0.717, 1.165) is 11.3 Å². The minimum Gasteiger partial charge on any atom is -0.311 e. The van der Waals surface area contributed by atoms with Gasteiger partial charge in [0.15, 0.2) is 5.13 Å². The third-order valence-corrected chi connectivity index (χ3v) is 4.83. The molecule has 25 heavy (non-hydrogen) atoms. The van der Waals surface area contributed by atoms with Crippen LogP contribution in [0.2, 0.25) is 0 Å². The van der Waals surface area contributed by atoms with Gasteiger partial charge < -0.3 is 10.2 Å². The van der Waals surface area contributed by atoms with Crippen molar-refractivity contribution in [2.75, 3.05) is 16.8 Å². The summed E-state index contributed by atoms with van der Waals surface area (Å²) in [5, 5.41) is 5.04. The van der Waals surface area contributed by atoms with Crippen LogP contribution >= 0.6 is 11.3 Å². The molecule has 0 radical (unpaired) electrons. The van der Waals surface area contributed by atoms with E-state index in [9.17, 15) is 14.0 Å². The number of amides is 2. The summed E-state index contributed by atoms with van der Waals surface area (Å²) in [4.78, 5) is 30.5. The Kier molecular flexibility index (Phi) is 4.60. The molecular formula is C18H20FN3O2S. The van der Waals surface area contributed by atoms with E-state index in [4.69, 9.17) is 0 Å². The lowest BCUT2D eigenvalue weighted by atomic mass is 9.96. The van der Waals surface area contributed by atoms with Crippen molar-refractivity contribution in [1.82, 2.24) is 4.98 Å². The molecule has 132 valence electrons. The minimum atomic E-state index is -0.504. The number of halogens is 1. The van der Waals surface area contributed by atoms with Gasteiger partial charge in [-0.15, -0.1) is 11.3 Å². The number of carbonyl (C=O) groups excluding carboxylic acids is 2. The number of hydrogen-bond acceptors (Lipinski definition) is 4. The van der Waals surface area contributed by atoms with Gasteiger partial charge in [0.25, 0.3) is 0 Å². The van der Waals surface area contributed by atoms with Crippen LogP contribution in [-0.2, 0) is 22.4 Å². The van der Waals surface area contributed by atoms with Crippen LogP contribution in [0.25, 0.3) is 0 Å². The number of rotatable bonds is 3. The van der Waals surface area contributed by atoms with Crippen molar-refractivity contribution in [2.45, 2.75) is 33.6 Å². The molecule has 0 saturated carbocycles. The molecule has 0 atom stereocenters. The third-order valence-electron chi connectivity index (χ3n) is 4.02. The average molecular weight is 361 g/mol. The van der Waals surface area contributed by atoms with Crippen LogP contribution in [0.3, 0.4) is 0 Å². The monoisotopic (exact) mass is 361 g/mol. The number of thiazole rings is 1. The molecule has 0 unspecified atom stereocenters. The van der Waals surface area contributed by atoms with Crippen molar-refractivity contribution < 1.29 is 14.0 Å². The van der Waals surface area contributed by atoms with Crippen molar-refractivity contribution in [3.63, 3.8) is 0 Å². The largest absolute Gasteiger partial charge is 0.311 e. The molecule has 1 aromatic heterocycles. The molecule has 3 rings (SSSR count). The fourth-order valence-electron chi connectivity index (χ4n) is 2.61. The SMILES string of the molecule is CC(C)(C)C(=O)Nc1nc(CC(=O)N2CCc3cc(F)ccc32)cs1. The van der Waals surface area contributed by atoms with Gasteiger partial charge in [0, 0.05) is 23.0 Å². The fraction of sp³-hybridized carbons (Fsp3) is 0.389. The molecule has 1 aromatic carbocycles. The summed E-state index contributed by atoms with van der Waals surface area (Å²) in [6, 6.07) is 4.49. The summed E-state index contributed by atoms with van der Waals surface area (Å²) in [6.07, 6.45) is 0.807. The Labute approximate surface area is 149 Å². The first-order valence-corrected chi connectivity index (χ1v) is 8.96. The van der Waals surface area contributed by atoms with Gasteiger partial charge in [-0.05, 0) is 30.2 Å². The standard InChI is InChI=1S/C18H20FN3O2S/c1-18(2,3)16(24)21-17-20-13(10-25-17)9-15(23)22-7-6-11-8-12(19)4-5-14(11)22/h4-5,8,10H,6-7,9H2,1-3H3,(H,20,21,24). The van der Waals surface area contributed by atoms with Crippen LogP contribution in [0.4, 0.5) is 15.2 Å². The zero-order valence-electron chi connectivity index (χ0n) is 14.4. The van der Waals surface area contributed by atoms with E-state index in [-0.39, 0.29) is 24.1 Å². The van der Waals surface area contributed by atoms with Gasteiger partial charge in [-0.1, -0.05) is 20.8 Å². The Hall–Kier alpha value is -2.28. The number of nitrogens with one attached hydrogen (secondary N) is 1. The number of aromatic nitrogens is 1. The van der Waals surface area contributed by atoms with Gasteiger partial charge in [-0.3, -0.25) is 9.59 Å². The van der Waals surface area contributed by atoms with E-state index >= 15 is 0 Å². The Balaban J connectivity index is 1.66. The van der Waals surface area contributed by atoms with E-state index in [1.165, 1.54) is 23.5 Å². The summed E-state index contributed by atoms with van der Waals surface area (Å²) in [7, 11) is 0. The summed E-state index contributed by atoms with van der Waals surface area (Å²) in [5.74, 6) is -0.480. The lowest BCUT2D eigenvalue weighted by Crippen LogP contribution is -2.30. The number of hydrogen-bond donors (Lipinski definition) is 1. The maximum absolute atomic E-state index is 13.3. The van der Waals surface area contributed by atoms with Crippen molar-refractivity contribution in [3.05, 3.63) is 40.7 Å².